The second kappa shape index (κ2) is 6.73. The largest absolute Gasteiger partial charge is 0.378 e. The van der Waals surface area contributed by atoms with E-state index in [4.69, 9.17) is 0 Å². The molecule has 0 spiro atoms. The first-order valence-corrected chi connectivity index (χ1v) is 8.36. The number of sulfonamides is 1. The Morgan fingerprint density at radius 1 is 1.29 bits per heavy atom. The minimum absolute atomic E-state index is 0.0874. The molecule has 0 bridgehead atoms. The minimum atomic E-state index is -3.40. The summed E-state index contributed by atoms with van der Waals surface area (Å²) < 4.78 is 26.5. The van der Waals surface area contributed by atoms with Gasteiger partial charge in [0.25, 0.3) is 0 Å². The van der Waals surface area contributed by atoms with Crippen molar-refractivity contribution in [2.45, 2.75) is 31.2 Å². The van der Waals surface area contributed by atoms with Crippen molar-refractivity contribution in [2.24, 2.45) is 0 Å². The highest BCUT2D eigenvalue weighted by Gasteiger charge is 2.13. The molecule has 0 aliphatic carbocycles. The number of H-pyrrole nitrogens is 1. The van der Waals surface area contributed by atoms with Gasteiger partial charge in [-0.2, -0.15) is 5.10 Å². The van der Waals surface area contributed by atoms with Crippen LogP contribution in [0.3, 0.4) is 0 Å². The molecule has 0 radical (unpaired) electrons. The number of hydrogen-bond acceptors (Lipinski definition) is 4. The van der Waals surface area contributed by atoms with Crippen LogP contribution in [0, 0.1) is 0 Å². The number of benzene rings is 1. The van der Waals surface area contributed by atoms with E-state index in [2.05, 4.69) is 20.2 Å². The van der Waals surface area contributed by atoms with Crippen molar-refractivity contribution < 1.29 is 8.42 Å². The molecule has 1 aromatic carbocycles. The maximum atomic E-state index is 12.0. The molecule has 0 saturated heterocycles. The number of aromatic nitrogens is 2. The van der Waals surface area contributed by atoms with Gasteiger partial charge in [0.1, 0.15) is 0 Å². The number of rotatable bonds is 7. The van der Waals surface area contributed by atoms with Gasteiger partial charge >= 0.3 is 0 Å². The topological polar surface area (TPSA) is 86.9 Å². The molecule has 21 heavy (non-hydrogen) atoms. The number of nitrogens with one attached hydrogen (secondary N) is 3. The predicted molar refractivity (Wildman–Crippen MR) is 82.5 cm³/mol. The number of anilines is 1. The fraction of sp³-hybridized carbons (Fsp3) is 0.357. The van der Waals surface area contributed by atoms with Crippen molar-refractivity contribution in [1.82, 2.24) is 14.9 Å². The second-order valence-electron chi connectivity index (χ2n) is 4.82. The Morgan fingerprint density at radius 2 is 2.00 bits per heavy atom. The lowest BCUT2D eigenvalue weighted by molar-refractivity contribution is 0.581. The number of hydrogen-bond donors (Lipinski definition) is 3. The van der Waals surface area contributed by atoms with Crippen LogP contribution in [-0.2, 0) is 10.0 Å². The lowest BCUT2D eigenvalue weighted by Crippen LogP contribution is -2.24. The van der Waals surface area contributed by atoms with Crippen LogP contribution < -0.4 is 10.0 Å². The highest BCUT2D eigenvalue weighted by Crippen LogP contribution is 2.19. The zero-order valence-corrected chi connectivity index (χ0v) is 12.9. The molecule has 2 rings (SSSR count). The van der Waals surface area contributed by atoms with Gasteiger partial charge in [0.05, 0.1) is 17.1 Å². The molecule has 6 nitrogen and oxygen atoms in total. The van der Waals surface area contributed by atoms with E-state index in [0.29, 0.717) is 6.54 Å². The van der Waals surface area contributed by atoms with Crippen molar-refractivity contribution >= 4 is 15.7 Å². The molecule has 3 N–H and O–H groups in total. The number of aromatic amines is 1. The quantitative estimate of drug-likeness (QED) is 0.732. The second-order valence-corrected chi connectivity index (χ2v) is 6.59. The van der Waals surface area contributed by atoms with E-state index < -0.39 is 10.0 Å². The van der Waals surface area contributed by atoms with E-state index in [0.717, 1.165) is 17.7 Å². The van der Waals surface area contributed by atoms with Gasteiger partial charge in [0, 0.05) is 24.0 Å². The maximum Gasteiger partial charge on any atom is 0.240 e. The van der Waals surface area contributed by atoms with Crippen molar-refractivity contribution in [3.05, 3.63) is 42.2 Å². The summed E-state index contributed by atoms with van der Waals surface area (Å²) in [5, 5.41) is 9.97. The van der Waals surface area contributed by atoms with Crippen LogP contribution in [0.15, 0.2) is 41.6 Å². The molecule has 0 saturated carbocycles. The number of nitrogens with zero attached hydrogens (tertiary/aromatic N) is 1. The van der Waals surface area contributed by atoms with Crippen molar-refractivity contribution in [3.63, 3.8) is 0 Å². The third-order valence-corrected chi connectivity index (χ3v) is 4.59. The Bertz CT molecular complexity index is 651. The highest BCUT2D eigenvalue weighted by molar-refractivity contribution is 7.89. The molecule has 7 heteroatoms. The third-order valence-electron chi connectivity index (χ3n) is 3.11. The van der Waals surface area contributed by atoms with Gasteiger partial charge in [-0.15, -0.1) is 0 Å². The molecule has 1 aromatic heterocycles. The molecular formula is C14H20N4O2S. The summed E-state index contributed by atoms with van der Waals surface area (Å²) in [6.45, 7) is 4.38. The van der Waals surface area contributed by atoms with Crippen molar-refractivity contribution in [1.29, 1.82) is 0 Å². The van der Waals surface area contributed by atoms with E-state index in [-0.39, 0.29) is 10.9 Å². The van der Waals surface area contributed by atoms with Gasteiger partial charge in [-0.25, -0.2) is 13.1 Å². The Labute approximate surface area is 125 Å². The average molecular weight is 308 g/mol. The Morgan fingerprint density at radius 3 is 2.57 bits per heavy atom. The van der Waals surface area contributed by atoms with Gasteiger partial charge in [0.2, 0.25) is 10.0 Å². The van der Waals surface area contributed by atoms with Crippen LogP contribution in [0.1, 0.15) is 31.9 Å². The van der Waals surface area contributed by atoms with Gasteiger partial charge in [-0.05, 0) is 37.6 Å². The Hall–Kier alpha value is -1.86. The molecule has 0 aliphatic heterocycles. The van der Waals surface area contributed by atoms with E-state index in [1.807, 2.05) is 20.0 Å². The maximum absolute atomic E-state index is 12.0. The molecule has 2 aromatic rings. The zero-order chi connectivity index (χ0) is 15.3. The monoisotopic (exact) mass is 308 g/mol. The molecule has 0 fully saturated rings. The summed E-state index contributed by atoms with van der Waals surface area (Å²) in [4.78, 5) is 0.275. The normalized spacial score (nSPS) is 13.0. The summed E-state index contributed by atoms with van der Waals surface area (Å²) >= 11 is 0. The fourth-order valence-electron chi connectivity index (χ4n) is 1.88. The van der Waals surface area contributed by atoms with Gasteiger partial charge in [0.15, 0.2) is 0 Å². The van der Waals surface area contributed by atoms with E-state index in [1.165, 1.54) is 0 Å². The summed E-state index contributed by atoms with van der Waals surface area (Å²) in [6.07, 6.45) is 4.34. The first-order chi connectivity index (χ1) is 10.0. The van der Waals surface area contributed by atoms with Crippen molar-refractivity contribution in [2.75, 3.05) is 11.9 Å². The smallest absolute Gasteiger partial charge is 0.240 e. The SMILES string of the molecule is CCCNS(=O)(=O)c1ccc(NC(C)c2cn[nH]c2)cc1. The van der Waals surface area contributed by atoms with Gasteiger partial charge in [-0.3, -0.25) is 5.10 Å². The van der Waals surface area contributed by atoms with Crippen LogP contribution in [0.25, 0.3) is 0 Å². The summed E-state index contributed by atoms with van der Waals surface area (Å²) in [6, 6.07) is 6.81. The van der Waals surface area contributed by atoms with Crippen LogP contribution in [0.5, 0.6) is 0 Å². The first kappa shape index (κ1) is 15.5. The highest BCUT2D eigenvalue weighted by atomic mass is 32.2. The summed E-state index contributed by atoms with van der Waals surface area (Å²) in [7, 11) is -3.40. The fourth-order valence-corrected chi connectivity index (χ4v) is 3.01. The summed E-state index contributed by atoms with van der Waals surface area (Å²) in [5.74, 6) is 0. The van der Waals surface area contributed by atoms with Crippen LogP contribution in [-0.4, -0.2) is 25.2 Å². The molecule has 0 aliphatic rings. The van der Waals surface area contributed by atoms with Gasteiger partial charge < -0.3 is 5.32 Å². The van der Waals surface area contributed by atoms with Crippen LogP contribution in [0.2, 0.25) is 0 Å². The molecule has 1 atom stereocenters. The lowest BCUT2D eigenvalue weighted by atomic mass is 10.2. The van der Waals surface area contributed by atoms with Crippen LogP contribution in [0.4, 0.5) is 5.69 Å². The lowest BCUT2D eigenvalue weighted by Gasteiger charge is -2.14. The molecule has 1 heterocycles. The Balaban J connectivity index is 2.05. The Kier molecular flexibility index (Phi) is 4.98. The molecular weight excluding hydrogens is 288 g/mol. The van der Waals surface area contributed by atoms with Crippen molar-refractivity contribution in [3.8, 4) is 0 Å². The molecule has 1 unspecified atom stereocenters. The average Bonchev–Trinajstić information content (AvgIpc) is 3.00. The summed E-state index contributed by atoms with van der Waals surface area (Å²) in [5.41, 5.74) is 1.90. The predicted octanol–water partition coefficient (Wildman–Crippen LogP) is 2.27. The van der Waals surface area contributed by atoms with Crippen LogP contribution >= 0.6 is 0 Å². The van der Waals surface area contributed by atoms with E-state index in [9.17, 15) is 8.42 Å². The molecule has 114 valence electrons. The van der Waals surface area contributed by atoms with Gasteiger partial charge in [-0.1, -0.05) is 6.92 Å². The zero-order valence-electron chi connectivity index (χ0n) is 12.1. The minimum Gasteiger partial charge on any atom is -0.378 e. The molecule has 0 amide bonds. The third kappa shape index (κ3) is 4.05. The standard InChI is InChI=1S/C14H20N4O2S/c1-3-8-17-21(19,20)14-6-4-13(5-7-14)18-11(2)12-9-15-16-10-12/h4-7,9-11,17-18H,3,8H2,1-2H3,(H,15,16). The van der Waals surface area contributed by atoms with E-state index in [1.54, 1.807) is 30.5 Å². The van der Waals surface area contributed by atoms with E-state index >= 15 is 0 Å². The first-order valence-electron chi connectivity index (χ1n) is 6.88.